The highest BCUT2D eigenvalue weighted by Crippen LogP contribution is 2.40. The number of non-ortho nitro benzene ring substituents is 1. The van der Waals surface area contributed by atoms with Gasteiger partial charge in [-0.25, -0.2) is 4.79 Å². The second-order valence-electron chi connectivity index (χ2n) is 7.27. The van der Waals surface area contributed by atoms with Crippen molar-refractivity contribution in [3.8, 4) is 0 Å². The Morgan fingerprint density at radius 2 is 2.11 bits per heavy atom. The zero-order valence-electron chi connectivity index (χ0n) is 16.0. The zero-order valence-corrected chi connectivity index (χ0v) is 16.8. The van der Waals surface area contributed by atoms with Crippen molar-refractivity contribution in [2.75, 3.05) is 5.32 Å². The molecule has 1 N–H and O–H groups in total. The maximum Gasteiger partial charge on any atom is 0.341 e. The minimum atomic E-state index is -0.548. The van der Waals surface area contributed by atoms with Crippen LogP contribution in [0.25, 0.3) is 0 Å². The average Bonchev–Trinajstić information content (AvgIpc) is 2.98. The third kappa shape index (κ3) is 4.22. The minimum Gasteiger partial charge on any atom is -0.459 e. The molecule has 3 rings (SSSR count). The predicted molar refractivity (Wildman–Crippen MR) is 107 cm³/mol. The summed E-state index contributed by atoms with van der Waals surface area (Å²) in [5.74, 6) is -0.425. The van der Waals surface area contributed by atoms with Crippen molar-refractivity contribution in [1.29, 1.82) is 0 Å². The van der Waals surface area contributed by atoms with Gasteiger partial charge in [0.1, 0.15) is 5.00 Å². The van der Waals surface area contributed by atoms with Gasteiger partial charge in [-0.15, -0.1) is 11.3 Å². The van der Waals surface area contributed by atoms with Gasteiger partial charge in [0.05, 0.1) is 16.6 Å². The van der Waals surface area contributed by atoms with Crippen molar-refractivity contribution in [1.82, 2.24) is 0 Å². The largest absolute Gasteiger partial charge is 0.459 e. The number of carbonyl (C=O) groups excluding carboxylic acids is 2. The molecule has 1 atom stereocenters. The number of rotatable bonds is 5. The Labute approximate surface area is 166 Å². The molecule has 1 aliphatic carbocycles. The van der Waals surface area contributed by atoms with Crippen molar-refractivity contribution in [3.05, 3.63) is 55.9 Å². The molecule has 0 radical (unpaired) electrons. The van der Waals surface area contributed by atoms with Gasteiger partial charge in [-0.3, -0.25) is 14.9 Å². The Balaban J connectivity index is 1.94. The minimum absolute atomic E-state index is 0.161. The molecule has 1 aliphatic rings. The van der Waals surface area contributed by atoms with E-state index in [-0.39, 0.29) is 17.4 Å². The molecule has 0 unspecified atom stereocenters. The molecule has 0 saturated heterocycles. The van der Waals surface area contributed by atoms with E-state index >= 15 is 0 Å². The van der Waals surface area contributed by atoms with Crippen LogP contribution in [0.5, 0.6) is 0 Å². The summed E-state index contributed by atoms with van der Waals surface area (Å²) in [4.78, 5) is 36.9. The average molecular weight is 402 g/mol. The van der Waals surface area contributed by atoms with Crippen LogP contribution in [0.2, 0.25) is 0 Å². The molecule has 1 aromatic heterocycles. The SMILES string of the molecule is CC(C)OC(=O)c1c(NC(=O)c2cccc([N+](=O)[O-])c2)sc2c1CC[C@@H](C)C2. The summed E-state index contributed by atoms with van der Waals surface area (Å²) in [6, 6.07) is 5.51. The molecule has 1 aromatic carbocycles. The summed E-state index contributed by atoms with van der Waals surface area (Å²) in [6.45, 7) is 5.72. The number of fused-ring (bicyclic) bond motifs is 1. The number of amides is 1. The van der Waals surface area contributed by atoms with Crippen molar-refractivity contribution >= 4 is 33.9 Å². The van der Waals surface area contributed by atoms with E-state index < -0.39 is 16.8 Å². The smallest absolute Gasteiger partial charge is 0.341 e. The lowest BCUT2D eigenvalue weighted by Crippen LogP contribution is -2.18. The number of hydrogen-bond donors (Lipinski definition) is 1. The van der Waals surface area contributed by atoms with E-state index in [0.717, 1.165) is 29.7 Å². The third-order valence-corrected chi connectivity index (χ3v) is 5.77. The van der Waals surface area contributed by atoms with Gasteiger partial charge in [-0.05, 0) is 50.7 Å². The Morgan fingerprint density at radius 1 is 1.36 bits per heavy atom. The number of ether oxygens (including phenoxy) is 1. The summed E-state index contributed by atoms with van der Waals surface area (Å²) in [6.07, 6.45) is 2.33. The summed E-state index contributed by atoms with van der Waals surface area (Å²) in [7, 11) is 0. The van der Waals surface area contributed by atoms with Gasteiger partial charge < -0.3 is 10.1 Å². The lowest BCUT2D eigenvalue weighted by Gasteiger charge is -2.18. The van der Waals surface area contributed by atoms with Gasteiger partial charge in [0.2, 0.25) is 0 Å². The van der Waals surface area contributed by atoms with Crippen LogP contribution in [0.3, 0.4) is 0 Å². The highest BCUT2D eigenvalue weighted by Gasteiger charge is 2.30. The molecule has 0 spiro atoms. The molecule has 7 nitrogen and oxygen atoms in total. The highest BCUT2D eigenvalue weighted by molar-refractivity contribution is 7.17. The van der Waals surface area contributed by atoms with Gasteiger partial charge in [-0.2, -0.15) is 0 Å². The molecule has 148 valence electrons. The number of esters is 1. The first-order valence-electron chi connectivity index (χ1n) is 9.17. The van der Waals surface area contributed by atoms with Crippen LogP contribution in [-0.2, 0) is 17.6 Å². The molecule has 0 saturated carbocycles. The van der Waals surface area contributed by atoms with E-state index in [9.17, 15) is 19.7 Å². The Bertz CT molecular complexity index is 935. The number of benzene rings is 1. The van der Waals surface area contributed by atoms with Gasteiger partial charge in [-0.1, -0.05) is 13.0 Å². The van der Waals surface area contributed by atoms with E-state index in [1.807, 2.05) is 0 Å². The fraction of sp³-hybridized carbons (Fsp3) is 0.400. The summed E-state index contributed by atoms with van der Waals surface area (Å²) < 4.78 is 5.39. The highest BCUT2D eigenvalue weighted by atomic mass is 32.1. The quantitative estimate of drug-likeness (QED) is 0.448. The van der Waals surface area contributed by atoms with Gasteiger partial charge in [0.25, 0.3) is 11.6 Å². The predicted octanol–water partition coefficient (Wildman–Crippen LogP) is 4.60. The third-order valence-electron chi connectivity index (χ3n) is 4.60. The topological polar surface area (TPSA) is 98.5 Å². The molecule has 0 aliphatic heterocycles. The number of nitro benzene ring substituents is 1. The van der Waals surface area contributed by atoms with Gasteiger partial charge in [0.15, 0.2) is 0 Å². The number of nitrogens with zero attached hydrogens (tertiary/aromatic N) is 1. The van der Waals surface area contributed by atoms with Crippen LogP contribution in [-0.4, -0.2) is 22.9 Å². The number of nitro groups is 1. The summed E-state index contributed by atoms with van der Waals surface area (Å²) in [5.41, 5.74) is 1.37. The van der Waals surface area contributed by atoms with Crippen LogP contribution in [0.4, 0.5) is 10.7 Å². The maximum absolute atomic E-state index is 12.7. The number of thiophene rings is 1. The maximum atomic E-state index is 12.7. The molecule has 0 fully saturated rings. The van der Waals surface area contributed by atoms with Crippen molar-refractivity contribution in [2.24, 2.45) is 5.92 Å². The molecule has 8 heteroatoms. The number of hydrogen-bond acceptors (Lipinski definition) is 6. The lowest BCUT2D eigenvalue weighted by molar-refractivity contribution is -0.384. The molecular weight excluding hydrogens is 380 g/mol. The summed E-state index contributed by atoms with van der Waals surface area (Å²) >= 11 is 1.39. The fourth-order valence-electron chi connectivity index (χ4n) is 3.26. The van der Waals surface area contributed by atoms with E-state index in [2.05, 4.69) is 12.2 Å². The first kappa shape index (κ1) is 20.0. The fourth-order valence-corrected chi connectivity index (χ4v) is 4.66. The molecule has 0 bridgehead atoms. The Morgan fingerprint density at radius 3 is 2.79 bits per heavy atom. The monoisotopic (exact) mass is 402 g/mol. The van der Waals surface area contributed by atoms with Crippen LogP contribution >= 0.6 is 11.3 Å². The standard InChI is InChI=1S/C20H22N2O5S/c1-11(2)27-20(24)17-15-8-7-12(3)9-16(15)28-19(17)21-18(23)13-5-4-6-14(10-13)22(25)26/h4-6,10-12H,7-9H2,1-3H3,(H,21,23)/t12-/m1/s1. The second-order valence-corrected chi connectivity index (χ2v) is 8.38. The zero-order chi connectivity index (χ0) is 20.4. The first-order valence-corrected chi connectivity index (χ1v) is 9.99. The van der Waals surface area contributed by atoms with Gasteiger partial charge >= 0.3 is 5.97 Å². The number of anilines is 1. The Hall–Kier alpha value is -2.74. The van der Waals surface area contributed by atoms with Crippen molar-refractivity contribution in [2.45, 2.75) is 46.1 Å². The van der Waals surface area contributed by atoms with Crippen molar-refractivity contribution < 1.29 is 19.2 Å². The lowest BCUT2D eigenvalue weighted by atomic mass is 9.88. The van der Waals surface area contributed by atoms with E-state index in [1.165, 1.54) is 35.6 Å². The molecule has 1 amide bonds. The molecule has 1 heterocycles. The van der Waals surface area contributed by atoms with E-state index in [1.54, 1.807) is 13.8 Å². The number of nitrogens with one attached hydrogen (secondary N) is 1. The van der Waals surface area contributed by atoms with Crippen LogP contribution in [0.1, 0.15) is 58.3 Å². The molecule has 2 aromatic rings. The number of carbonyl (C=O) groups is 2. The van der Waals surface area contributed by atoms with Crippen LogP contribution in [0.15, 0.2) is 24.3 Å². The molecule has 28 heavy (non-hydrogen) atoms. The van der Waals surface area contributed by atoms with Crippen LogP contribution < -0.4 is 5.32 Å². The van der Waals surface area contributed by atoms with E-state index in [4.69, 9.17) is 4.74 Å². The first-order chi connectivity index (χ1) is 13.3. The van der Waals surface area contributed by atoms with Gasteiger partial charge in [0, 0.05) is 22.6 Å². The van der Waals surface area contributed by atoms with Crippen LogP contribution in [0, 0.1) is 16.0 Å². The molecular formula is C20H22N2O5S. The summed E-state index contributed by atoms with van der Waals surface area (Å²) in [5, 5.41) is 14.2. The Kier molecular flexibility index (Phi) is 5.79. The normalized spacial score (nSPS) is 15.8. The second kappa shape index (κ2) is 8.10. The van der Waals surface area contributed by atoms with Crippen molar-refractivity contribution in [3.63, 3.8) is 0 Å². The van der Waals surface area contributed by atoms with E-state index in [0.29, 0.717) is 16.5 Å².